The van der Waals surface area contributed by atoms with E-state index in [2.05, 4.69) is 46.9 Å². The SMILES string of the molecule is CCCC1CC1NC(C)c1sc(C(C)(C)C)nc1C. The van der Waals surface area contributed by atoms with Crippen LogP contribution in [-0.2, 0) is 5.41 Å². The van der Waals surface area contributed by atoms with Crippen molar-refractivity contribution in [3.05, 3.63) is 15.6 Å². The van der Waals surface area contributed by atoms with Gasteiger partial charge in [-0.3, -0.25) is 0 Å². The van der Waals surface area contributed by atoms with Gasteiger partial charge >= 0.3 is 0 Å². The molecule has 0 aliphatic heterocycles. The molecule has 3 heteroatoms. The molecule has 1 N–H and O–H groups in total. The van der Waals surface area contributed by atoms with Crippen molar-refractivity contribution >= 4 is 11.3 Å². The Kier molecular flexibility index (Phi) is 4.36. The first kappa shape index (κ1) is 15.0. The summed E-state index contributed by atoms with van der Waals surface area (Å²) < 4.78 is 0. The van der Waals surface area contributed by atoms with Crippen molar-refractivity contribution in [1.29, 1.82) is 0 Å². The second-order valence-electron chi connectivity index (χ2n) is 7.00. The van der Waals surface area contributed by atoms with E-state index >= 15 is 0 Å². The molecule has 0 amide bonds. The monoisotopic (exact) mass is 280 g/mol. The maximum Gasteiger partial charge on any atom is 0.0985 e. The Morgan fingerprint density at radius 1 is 1.42 bits per heavy atom. The lowest BCUT2D eigenvalue weighted by Gasteiger charge is -2.14. The Labute approximate surface area is 122 Å². The molecular weight excluding hydrogens is 252 g/mol. The average molecular weight is 280 g/mol. The predicted octanol–water partition coefficient (Wildman–Crippen LogP) is 4.59. The first-order valence-electron chi connectivity index (χ1n) is 7.56. The normalized spacial score (nSPS) is 24.5. The molecule has 3 atom stereocenters. The van der Waals surface area contributed by atoms with Crippen LogP contribution in [0.15, 0.2) is 0 Å². The number of aromatic nitrogens is 1. The van der Waals surface area contributed by atoms with E-state index in [1.165, 1.54) is 34.8 Å². The molecule has 2 nitrogen and oxygen atoms in total. The van der Waals surface area contributed by atoms with E-state index in [0.29, 0.717) is 6.04 Å². The van der Waals surface area contributed by atoms with Crippen molar-refractivity contribution < 1.29 is 0 Å². The van der Waals surface area contributed by atoms with Crippen molar-refractivity contribution in [3.8, 4) is 0 Å². The maximum absolute atomic E-state index is 4.76. The summed E-state index contributed by atoms with van der Waals surface area (Å²) in [6, 6.07) is 1.19. The van der Waals surface area contributed by atoms with Gasteiger partial charge in [0.15, 0.2) is 0 Å². The van der Waals surface area contributed by atoms with Crippen LogP contribution in [-0.4, -0.2) is 11.0 Å². The van der Waals surface area contributed by atoms with Gasteiger partial charge in [0, 0.05) is 22.4 Å². The first-order valence-corrected chi connectivity index (χ1v) is 8.38. The molecule has 1 aliphatic carbocycles. The standard InChI is InChI=1S/C16H28N2S/c1-7-8-12-9-13(12)17-10(2)14-11(3)18-15(19-14)16(4,5)6/h10,12-13,17H,7-9H2,1-6H3. The zero-order valence-corrected chi connectivity index (χ0v) is 14.0. The smallest absolute Gasteiger partial charge is 0.0985 e. The summed E-state index contributed by atoms with van der Waals surface area (Å²) in [6.07, 6.45) is 4.05. The lowest BCUT2D eigenvalue weighted by molar-refractivity contribution is 0.533. The van der Waals surface area contributed by atoms with E-state index in [-0.39, 0.29) is 5.41 Å². The molecular formula is C16H28N2S. The van der Waals surface area contributed by atoms with Gasteiger partial charge in [-0.2, -0.15) is 0 Å². The van der Waals surface area contributed by atoms with Gasteiger partial charge in [-0.25, -0.2) is 4.98 Å². The lowest BCUT2D eigenvalue weighted by atomic mass is 9.98. The van der Waals surface area contributed by atoms with Gasteiger partial charge in [-0.1, -0.05) is 34.1 Å². The maximum atomic E-state index is 4.76. The highest BCUT2D eigenvalue weighted by Gasteiger charge is 2.37. The zero-order valence-electron chi connectivity index (χ0n) is 13.2. The second kappa shape index (κ2) is 5.53. The van der Waals surface area contributed by atoms with Crippen LogP contribution in [0, 0.1) is 12.8 Å². The number of aryl methyl sites for hydroxylation is 1. The quantitative estimate of drug-likeness (QED) is 0.853. The molecule has 3 unspecified atom stereocenters. The Balaban J connectivity index is 2.00. The molecule has 0 bridgehead atoms. The summed E-state index contributed by atoms with van der Waals surface area (Å²) in [5.41, 5.74) is 1.38. The van der Waals surface area contributed by atoms with Crippen molar-refractivity contribution in [1.82, 2.24) is 10.3 Å². The fourth-order valence-electron chi connectivity index (χ4n) is 2.67. The number of nitrogens with one attached hydrogen (secondary N) is 1. The lowest BCUT2D eigenvalue weighted by Crippen LogP contribution is -2.22. The van der Waals surface area contributed by atoms with Gasteiger partial charge in [0.25, 0.3) is 0 Å². The van der Waals surface area contributed by atoms with Crippen molar-refractivity contribution in [3.63, 3.8) is 0 Å². The van der Waals surface area contributed by atoms with Crippen LogP contribution >= 0.6 is 11.3 Å². The Hall–Kier alpha value is -0.410. The molecule has 0 spiro atoms. The Bertz CT molecular complexity index is 430. The fraction of sp³-hybridized carbons (Fsp3) is 0.812. The number of rotatable bonds is 5. The van der Waals surface area contributed by atoms with Crippen LogP contribution in [0.4, 0.5) is 0 Å². The molecule has 19 heavy (non-hydrogen) atoms. The van der Waals surface area contributed by atoms with Gasteiger partial charge < -0.3 is 5.32 Å². The van der Waals surface area contributed by atoms with Crippen LogP contribution in [0.3, 0.4) is 0 Å². The van der Waals surface area contributed by atoms with Crippen molar-refractivity contribution in [2.24, 2.45) is 5.92 Å². The van der Waals surface area contributed by atoms with E-state index in [4.69, 9.17) is 4.98 Å². The van der Waals surface area contributed by atoms with Crippen LogP contribution in [0.5, 0.6) is 0 Å². The van der Waals surface area contributed by atoms with Gasteiger partial charge in [0.1, 0.15) is 0 Å². The summed E-state index contributed by atoms with van der Waals surface area (Å²) in [5.74, 6) is 0.919. The highest BCUT2D eigenvalue weighted by Crippen LogP contribution is 2.38. The van der Waals surface area contributed by atoms with E-state index in [1.54, 1.807) is 0 Å². The third-order valence-corrected chi connectivity index (χ3v) is 5.68. The summed E-state index contributed by atoms with van der Waals surface area (Å²) in [6.45, 7) is 13.4. The third kappa shape index (κ3) is 3.57. The van der Waals surface area contributed by atoms with Crippen LogP contribution in [0.25, 0.3) is 0 Å². The number of thiazole rings is 1. The van der Waals surface area contributed by atoms with Gasteiger partial charge in [0.05, 0.1) is 10.7 Å². The van der Waals surface area contributed by atoms with Crippen LogP contribution in [0.2, 0.25) is 0 Å². The largest absolute Gasteiger partial charge is 0.306 e. The Morgan fingerprint density at radius 2 is 2.11 bits per heavy atom. The van der Waals surface area contributed by atoms with E-state index in [1.807, 2.05) is 11.3 Å². The molecule has 1 aromatic rings. The minimum Gasteiger partial charge on any atom is -0.306 e. The molecule has 1 aliphatic rings. The predicted molar refractivity (Wildman–Crippen MR) is 83.9 cm³/mol. The molecule has 1 saturated carbocycles. The molecule has 1 aromatic heterocycles. The molecule has 0 saturated heterocycles. The minimum atomic E-state index is 0.164. The van der Waals surface area contributed by atoms with Crippen LogP contribution in [0.1, 0.15) is 75.5 Å². The topological polar surface area (TPSA) is 24.9 Å². The number of nitrogens with zero attached hydrogens (tertiary/aromatic N) is 1. The van der Waals surface area contributed by atoms with Gasteiger partial charge in [-0.15, -0.1) is 11.3 Å². The minimum absolute atomic E-state index is 0.164. The fourth-order valence-corrected chi connectivity index (χ4v) is 3.80. The van der Waals surface area contributed by atoms with E-state index < -0.39 is 0 Å². The van der Waals surface area contributed by atoms with Gasteiger partial charge in [0.2, 0.25) is 0 Å². The molecule has 1 heterocycles. The van der Waals surface area contributed by atoms with E-state index in [9.17, 15) is 0 Å². The van der Waals surface area contributed by atoms with E-state index in [0.717, 1.165) is 12.0 Å². The summed E-state index contributed by atoms with van der Waals surface area (Å²) in [4.78, 5) is 6.19. The van der Waals surface area contributed by atoms with Gasteiger partial charge in [-0.05, 0) is 32.6 Å². The first-order chi connectivity index (χ1) is 8.82. The van der Waals surface area contributed by atoms with Crippen molar-refractivity contribution in [2.45, 2.75) is 78.3 Å². The molecule has 108 valence electrons. The van der Waals surface area contributed by atoms with Crippen molar-refractivity contribution in [2.75, 3.05) is 0 Å². The Morgan fingerprint density at radius 3 is 2.63 bits per heavy atom. The molecule has 0 radical (unpaired) electrons. The molecule has 2 rings (SSSR count). The summed E-state index contributed by atoms with van der Waals surface area (Å²) in [5, 5.41) is 5.04. The number of hydrogen-bond acceptors (Lipinski definition) is 3. The highest BCUT2D eigenvalue weighted by molar-refractivity contribution is 7.12. The summed E-state index contributed by atoms with van der Waals surface area (Å²) >= 11 is 1.89. The second-order valence-corrected chi connectivity index (χ2v) is 8.03. The molecule has 1 fully saturated rings. The third-order valence-electron chi connectivity index (χ3n) is 3.91. The zero-order chi connectivity index (χ0) is 14.2. The highest BCUT2D eigenvalue weighted by atomic mass is 32.1. The number of hydrogen-bond donors (Lipinski definition) is 1. The van der Waals surface area contributed by atoms with Crippen LogP contribution < -0.4 is 5.32 Å². The average Bonchev–Trinajstić information content (AvgIpc) is 2.87. The summed E-state index contributed by atoms with van der Waals surface area (Å²) in [7, 11) is 0. The molecule has 0 aromatic carbocycles.